The van der Waals surface area contributed by atoms with Gasteiger partial charge in [0.05, 0.1) is 25.0 Å². The lowest BCUT2D eigenvalue weighted by molar-refractivity contribution is 0.0527. The van der Waals surface area contributed by atoms with Crippen LogP contribution in [0.15, 0.2) is 28.9 Å². The second-order valence-electron chi connectivity index (χ2n) is 5.80. The van der Waals surface area contributed by atoms with Crippen LogP contribution >= 0.6 is 11.3 Å². The number of thiophene rings is 1. The molecule has 10 heteroatoms. The van der Waals surface area contributed by atoms with Crippen LogP contribution in [0.2, 0.25) is 0 Å². The molecule has 3 rings (SSSR count). The number of nitrogens with one attached hydrogen (secondary N) is 2. The van der Waals surface area contributed by atoms with Gasteiger partial charge in [-0.05, 0) is 38.5 Å². The quantitative estimate of drug-likeness (QED) is 0.562. The predicted molar refractivity (Wildman–Crippen MR) is 105 cm³/mol. The van der Waals surface area contributed by atoms with Crippen molar-refractivity contribution in [3.63, 3.8) is 0 Å². The van der Waals surface area contributed by atoms with E-state index in [4.69, 9.17) is 13.9 Å². The summed E-state index contributed by atoms with van der Waals surface area (Å²) in [4.78, 5) is 37.5. The van der Waals surface area contributed by atoms with Gasteiger partial charge in [0.1, 0.15) is 15.6 Å². The Hall–Kier alpha value is -3.40. The van der Waals surface area contributed by atoms with Gasteiger partial charge >= 0.3 is 11.9 Å². The zero-order valence-electron chi connectivity index (χ0n) is 16.0. The van der Waals surface area contributed by atoms with Crippen LogP contribution in [-0.4, -0.2) is 41.3 Å². The van der Waals surface area contributed by atoms with E-state index in [1.165, 1.54) is 12.3 Å². The van der Waals surface area contributed by atoms with Crippen LogP contribution in [0.25, 0.3) is 11.5 Å². The molecule has 2 N–H and O–H groups in total. The SMILES string of the molecule is CCOC(=O)c1sc(NC(=O)c2cc(-c3ccco3)[nH]n2)c(C(=O)OCC)c1C. The Morgan fingerprint density at radius 3 is 2.59 bits per heavy atom. The summed E-state index contributed by atoms with van der Waals surface area (Å²) in [6.45, 7) is 5.31. The molecule has 1 amide bonds. The topological polar surface area (TPSA) is 124 Å². The lowest BCUT2D eigenvalue weighted by Gasteiger charge is -2.06. The molecule has 0 saturated carbocycles. The van der Waals surface area contributed by atoms with E-state index >= 15 is 0 Å². The molecule has 152 valence electrons. The second kappa shape index (κ2) is 8.74. The van der Waals surface area contributed by atoms with E-state index < -0.39 is 17.8 Å². The van der Waals surface area contributed by atoms with E-state index in [0.717, 1.165) is 11.3 Å². The van der Waals surface area contributed by atoms with Gasteiger partial charge in [0.2, 0.25) is 0 Å². The maximum Gasteiger partial charge on any atom is 0.348 e. The summed E-state index contributed by atoms with van der Waals surface area (Å²) in [5.74, 6) is -1.23. The van der Waals surface area contributed by atoms with Gasteiger partial charge in [0.25, 0.3) is 5.91 Å². The van der Waals surface area contributed by atoms with Crippen molar-refractivity contribution in [3.8, 4) is 11.5 Å². The van der Waals surface area contributed by atoms with E-state index in [9.17, 15) is 14.4 Å². The van der Waals surface area contributed by atoms with Crippen molar-refractivity contribution < 1.29 is 28.3 Å². The summed E-state index contributed by atoms with van der Waals surface area (Å²) in [6.07, 6.45) is 1.51. The van der Waals surface area contributed by atoms with Gasteiger partial charge in [0, 0.05) is 6.07 Å². The third kappa shape index (κ3) is 4.21. The van der Waals surface area contributed by atoms with Crippen LogP contribution in [0.1, 0.15) is 49.9 Å². The van der Waals surface area contributed by atoms with E-state index in [-0.39, 0.29) is 34.3 Å². The van der Waals surface area contributed by atoms with Gasteiger partial charge in [0.15, 0.2) is 11.5 Å². The summed E-state index contributed by atoms with van der Waals surface area (Å²) in [6, 6.07) is 4.96. The van der Waals surface area contributed by atoms with Gasteiger partial charge in [-0.15, -0.1) is 11.3 Å². The summed E-state index contributed by atoms with van der Waals surface area (Å²) >= 11 is 0.952. The maximum absolute atomic E-state index is 12.7. The van der Waals surface area contributed by atoms with E-state index in [1.807, 2.05) is 0 Å². The van der Waals surface area contributed by atoms with Crippen molar-refractivity contribution >= 4 is 34.2 Å². The smallest absolute Gasteiger partial charge is 0.348 e. The molecule has 0 radical (unpaired) electrons. The molecule has 0 aliphatic rings. The third-order valence-corrected chi connectivity index (χ3v) is 5.10. The third-order valence-electron chi connectivity index (χ3n) is 3.91. The number of nitrogens with zero attached hydrogens (tertiary/aromatic N) is 1. The zero-order valence-corrected chi connectivity index (χ0v) is 16.8. The molecule has 0 atom stereocenters. The van der Waals surface area contributed by atoms with Crippen molar-refractivity contribution in [3.05, 3.63) is 46.2 Å². The molecule has 0 saturated heterocycles. The molecular formula is C19H19N3O6S. The van der Waals surface area contributed by atoms with Crippen LogP contribution in [0.3, 0.4) is 0 Å². The Bertz CT molecular complexity index is 1030. The number of rotatable bonds is 7. The molecule has 3 heterocycles. The zero-order chi connectivity index (χ0) is 21.0. The maximum atomic E-state index is 12.7. The first-order valence-corrected chi connectivity index (χ1v) is 9.66. The first-order valence-electron chi connectivity index (χ1n) is 8.84. The van der Waals surface area contributed by atoms with Gasteiger partial charge in [-0.1, -0.05) is 0 Å². The number of hydrogen-bond donors (Lipinski definition) is 2. The molecule has 29 heavy (non-hydrogen) atoms. The first-order chi connectivity index (χ1) is 14.0. The largest absolute Gasteiger partial charge is 0.463 e. The normalized spacial score (nSPS) is 10.6. The Balaban J connectivity index is 1.90. The van der Waals surface area contributed by atoms with Gasteiger partial charge < -0.3 is 19.2 Å². The van der Waals surface area contributed by atoms with E-state index in [1.54, 1.807) is 32.9 Å². The Morgan fingerprint density at radius 2 is 1.93 bits per heavy atom. The average molecular weight is 417 g/mol. The Kier molecular flexibility index (Phi) is 6.13. The molecule has 0 aliphatic heterocycles. The lowest BCUT2D eigenvalue weighted by Crippen LogP contribution is -2.15. The number of hydrogen-bond acceptors (Lipinski definition) is 8. The molecule has 0 aliphatic carbocycles. The number of carbonyl (C=O) groups excluding carboxylic acids is 3. The molecule has 0 fully saturated rings. The van der Waals surface area contributed by atoms with Crippen LogP contribution in [-0.2, 0) is 9.47 Å². The highest BCUT2D eigenvalue weighted by Gasteiger charge is 2.28. The minimum absolute atomic E-state index is 0.0925. The molecule has 3 aromatic rings. The van der Waals surface area contributed by atoms with Crippen molar-refractivity contribution in [1.82, 2.24) is 10.2 Å². The fourth-order valence-corrected chi connectivity index (χ4v) is 3.69. The summed E-state index contributed by atoms with van der Waals surface area (Å²) in [5, 5.41) is 9.52. The van der Waals surface area contributed by atoms with Crippen molar-refractivity contribution in [1.29, 1.82) is 0 Å². The summed E-state index contributed by atoms with van der Waals surface area (Å²) in [5.41, 5.74) is 1.13. The second-order valence-corrected chi connectivity index (χ2v) is 6.82. The van der Waals surface area contributed by atoms with Gasteiger partial charge in [-0.3, -0.25) is 9.89 Å². The Labute approximate surface area is 170 Å². The highest BCUT2D eigenvalue weighted by Crippen LogP contribution is 2.34. The fraction of sp³-hybridized carbons (Fsp3) is 0.263. The Morgan fingerprint density at radius 1 is 1.21 bits per heavy atom. The van der Waals surface area contributed by atoms with Crippen molar-refractivity contribution in [2.75, 3.05) is 18.5 Å². The summed E-state index contributed by atoms with van der Waals surface area (Å²) in [7, 11) is 0. The number of amides is 1. The molecular weight excluding hydrogens is 398 g/mol. The number of aromatic amines is 1. The van der Waals surface area contributed by atoms with Gasteiger partial charge in [-0.2, -0.15) is 5.10 Å². The number of H-pyrrole nitrogens is 1. The number of ether oxygens (including phenoxy) is 2. The van der Waals surface area contributed by atoms with Crippen molar-refractivity contribution in [2.24, 2.45) is 0 Å². The molecule has 0 spiro atoms. The first kappa shape index (κ1) is 20.3. The summed E-state index contributed by atoms with van der Waals surface area (Å²) < 4.78 is 15.4. The minimum Gasteiger partial charge on any atom is -0.463 e. The average Bonchev–Trinajstić information content (AvgIpc) is 3.42. The number of carbonyl (C=O) groups is 3. The fourth-order valence-electron chi connectivity index (χ4n) is 2.61. The standard InChI is InChI=1S/C19H19N3O6S/c1-4-26-18(24)14-10(3)15(19(25)27-5-2)29-17(14)20-16(23)12-9-11(21-22-12)13-7-6-8-28-13/h6-9H,4-5H2,1-3H3,(H,20,23)(H,21,22). The number of furan rings is 1. The highest BCUT2D eigenvalue weighted by molar-refractivity contribution is 7.18. The van der Waals surface area contributed by atoms with Crippen molar-refractivity contribution in [2.45, 2.75) is 20.8 Å². The van der Waals surface area contributed by atoms with E-state index in [0.29, 0.717) is 17.0 Å². The van der Waals surface area contributed by atoms with Crippen LogP contribution in [0.5, 0.6) is 0 Å². The molecule has 3 aromatic heterocycles. The number of anilines is 1. The van der Waals surface area contributed by atoms with Crippen LogP contribution < -0.4 is 5.32 Å². The van der Waals surface area contributed by atoms with Crippen LogP contribution in [0, 0.1) is 6.92 Å². The predicted octanol–water partition coefficient (Wildman–Crippen LogP) is 3.65. The highest BCUT2D eigenvalue weighted by atomic mass is 32.1. The lowest BCUT2D eigenvalue weighted by atomic mass is 10.1. The monoisotopic (exact) mass is 417 g/mol. The number of aromatic nitrogens is 2. The minimum atomic E-state index is -0.634. The molecule has 0 unspecified atom stereocenters. The molecule has 0 bridgehead atoms. The van der Waals surface area contributed by atoms with Gasteiger partial charge in [-0.25, -0.2) is 9.59 Å². The molecule has 9 nitrogen and oxygen atoms in total. The van der Waals surface area contributed by atoms with E-state index in [2.05, 4.69) is 15.5 Å². The molecule has 0 aromatic carbocycles. The van der Waals surface area contributed by atoms with Crippen LogP contribution in [0.4, 0.5) is 5.00 Å². The number of esters is 2.